The molecular weight excluding hydrogens is 340 g/mol. The third-order valence-electron chi connectivity index (χ3n) is 5.82. The van der Waals surface area contributed by atoms with E-state index in [1.807, 2.05) is 29.2 Å². The van der Waals surface area contributed by atoms with Gasteiger partial charge in [0.1, 0.15) is 5.82 Å². The van der Waals surface area contributed by atoms with Crippen molar-refractivity contribution in [3.05, 3.63) is 30.1 Å². The van der Waals surface area contributed by atoms with E-state index >= 15 is 0 Å². The van der Waals surface area contributed by atoms with Crippen molar-refractivity contribution in [2.75, 3.05) is 26.2 Å². The number of hydrogen-bond acceptors (Lipinski definition) is 3. The maximum Gasteiger partial charge on any atom is 0.242 e. The molecular formula is C21H28N4O2. The number of para-hydroxylation sites is 2. The van der Waals surface area contributed by atoms with Crippen molar-refractivity contribution < 1.29 is 9.59 Å². The van der Waals surface area contributed by atoms with Gasteiger partial charge in [0.25, 0.3) is 0 Å². The second-order valence-corrected chi connectivity index (χ2v) is 7.80. The molecule has 3 heterocycles. The Morgan fingerprint density at radius 3 is 2.85 bits per heavy atom. The Labute approximate surface area is 159 Å². The molecule has 6 heteroatoms. The minimum Gasteiger partial charge on any atom is -0.342 e. The molecule has 0 aliphatic carbocycles. The van der Waals surface area contributed by atoms with Gasteiger partial charge in [-0.05, 0) is 37.8 Å². The molecule has 2 fully saturated rings. The lowest BCUT2D eigenvalue weighted by Gasteiger charge is -2.34. The second-order valence-electron chi connectivity index (χ2n) is 7.80. The number of aromatic amines is 1. The number of nitrogens with zero attached hydrogens (tertiary/aromatic N) is 3. The average molecular weight is 368 g/mol. The number of H-pyrrole nitrogens is 1. The highest BCUT2D eigenvalue weighted by atomic mass is 16.2. The predicted molar refractivity (Wildman–Crippen MR) is 104 cm³/mol. The van der Waals surface area contributed by atoms with Crippen molar-refractivity contribution in [2.45, 2.75) is 50.9 Å². The molecule has 1 aromatic carbocycles. The van der Waals surface area contributed by atoms with Gasteiger partial charge >= 0.3 is 0 Å². The van der Waals surface area contributed by atoms with Crippen LogP contribution in [0.2, 0.25) is 0 Å². The van der Waals surface area contributed by atoms with Crippen LogP contribution in [-0.2, 0) is 9.59 Å². The van der Waals surface area contributed by atoms with Crippen molar-refractivity contribution in [3.63, 3.8) is 0 Å². The van der Waals surface area contributed by atoms with Crippen LogP contribution in [0.25, 0.3) is 11.0 Å². The van der Waals surface area contributed by atoms with Crippen LogP contribution in [-0.4, -0.2) is 57.8 Å². The third-order valence-corrected chi connectivity index (χ3v) is 5.82. The summed E-state index contributed by atoms with van der Waals surface area (Å²) in [5.41, 5.74) is 2.02. The van der Waals surface area contributed by atoms with Crippen molar-refractivity contribution in [3.8, 4) is 0 Å². The number of likely N-dealkylation sites (tertiary alicyclic amines) is 2. The van der Waals surface area contributed by atoms with Crippen molar-refractivity contribution >= 4 is 22.8 Å². The zero-order chi connectivity index (χ0) is 18.6. The maximum absolute atomic E-state index is 12.9. The van der Waals surface area contributed by atoms with Crippen LogP contribution in [0.3, 0.4) is 0 Å². The number of fused-ring (bicyclic) bond motifs is 1. The summed E-state index contributed by atoms with van der Waals surface area (Å²) in [5.74, 6) is 1.41. The summed E-state index contributed by atoms with van der Waals surface area (Å²) >= 11 is 0. The fourth-order valence-electron chi connectivity index (χ4n) is 4.24. The summed E-state index contributed by atoms with van der Waals surface area (Å²) in [6.45, 7) is 2.40. The minimum atomic E-state index is 0.0738. The lowest BCUT2D eigenvalue weighted by Crippen LogP contribution is -2.46. The molecule has 1 N–H and O–H groups in total. The van der Waals surface area contributed by atoms with Gasteiger partial charge in [0.05, 0.1) is 17.6 Å². The Balaban J connectivity index is 1.41. The summed E-state index contributed by atoms with van der Waals surface area (Å²) < 4.78 is 0. The van der Waals surface area contributed by atoms with Crippen LogP contribution in [0.15, 0.2) is 24.3 Å². The van der Waals surface area contributed by atoms with Crippen LogP contribution < -0.4 is 0 Å². The molecule has 1 aromatic heterocycles. The number of aromatic nitrogens is 2. The van der Waals surface area contributed by atoms with E-state index in [1.54, 1.807) is 4.90 Å². The number of benzene rings is 1. The van der Waals surface area contributed by atoms with E-state index in [9.17, 15) is 9.59 Å². The number of piperidine rings is 1. The van der Waals surface area contributed by atoms with Gasteiger partial charge in [-0.15, -0.1) is 0 Å². The Kier molecular flexibility index (Phi) is 5.41. The Morgan fingerprint density at radius 1 is 1.11 bits per heavy atom. The molecule has 1 atom stereocenters. The molecule has 2 aliphatic rings. The molecule has 2 amide bonds. The first kappa shape index (κ1) is 18.0. The number of amides is 2. The van der Waals surface area contributed by atoms with Gasteiger partial charge in [0.15, 0.2) is 0 Å². The molecule has 2 saturated heterocycles. The van der Waals surface area contributed by atoms with Crippen molar-refractivity contribution in [2.24, 2.45) is 0 Å². The molecule has 6 nitrogen and oxygen atoms in total. The Morgan fingerprint density at radius 2 is 1.96 bits per heavy atom. The smallest absolute Gasteiger partial charge is 0.242 e. The topological polar surface area (TPSA) is 69.3 Å². The molecule has 2 aromatic rings. The summed E-state index contributed by atoms with van der Waals surface area (Å²) in [7, 11) is 0. The monoisotopic (exact) mass is 368 g/mol. The van der Waals surface area contributed by atoms with Crippen LogP contribution in [0.4, 0.5) is 0 Å². The Bertz CT molecular complexity index is 782. The van der Waals surface area contributed by atoms with E-state index in [4.69, 9.17) is 4.98 Å². The quantitative estimate of drug-likeness (QED) is 0.905. The average Bonchev–Trinajstić information content (AvgIpc) is 3.12. The number of hydrogen-bond donors (Lipinski definition) is 1. The van der Waals surface area contributed by atoms with E-state index in [2.05, 4.69) is 4.98 Å². The first-order valence-corrected chi connectivity index (χ1v) is 10.2. The number of nitrogens with one attached hydrogen (secondary N) is 1. The zero-order valence-electron chi connectivity index (χ0n) is 15.8. The van der Waals surface area contributed by atoms with E-state index in [0.717, 1.165) is 61.9 Å². The highest BCUT2D eigenvalue weighted by molar-refractivity contribution is 5.85. The van der Waals surface area contributed by atoms with Crippen LogP contribution >= 0.6 is 0 Å². The molecule has 0 spiro atoms. The third kappa shape index (κ3) is 4.15. The van der Waals surface area contributed by atoms with Gasteiger partial charge in [-0.2, -0.15) is 0 Å². The molecule has 2 aliphatic heterocycles. The van der Waals surface area contributed by atoms with Gasteiger partial charge in [0.2, 0.25) is 11.8 Å². The number of rotatable bonds is 3. The summed E-state index contributed by atoms with van der Waals surface area (Å²) in [6, 6.07) is 8.03. The first-order valence-electron chi connectivity index (χ1n) is 10.2. The highest BCUT2D eigenvalue weighted by Crippen LogP contribution is 2.27. The molecule has 27 heavy (non-hydrogen) atoms. The van der Waals surface area contributed by atoms with E-state index in [1.165, 1.54) is 0 Å². The molecule has 0 saturated carbocycles. The fraction of sp³-hybridized carbons (Fsp3) is 0.571. The maximum atomic E-state index is 12.9. The minimum absolute atomic E-state index is 0.0738. The van der Waals surface area contributed by atoms with Crippen LogP contribution in [0.1, 0.15) is 56.7 Å². The van der Waals surface area contributed by atoms with E-state index in [0.29, 0.717) is 19.5 Å². The number of carbonyl (C=O) groups is 2. The van der Waals surface area contributed by atoms with E-state index in [-0.39, 0.29) is 24.3 Å². The zero-order valence-corrected chi connectivity index (χ0v) is 15.8. The van der Waals surface area contributed by atoms with Crippen molar-refractivity contribution in [1.82, 2.24) is 19.8 Å². The lowest BCUT2D eigenvalue weighted by molar-refractivity contribution is -0.141. The first-order chi connectivity index (χ1) is 13.2. The van der Waals surface area contributed by atoms with Crippen LogP contribution in [0.5, 0.6) is 0 Å². The lowest BCUT2D eigenvalue weighted by atomic mass is 9.97. The Hall–Kier alpha value is -2.37. The predicted octanol–water partition coefficient (Wildman–Crippen LogP) is 3.06. The fourth-order valence-corrected chi connectivity index (χ4v) is 4.24. The molecule has 0 bridgehead atoms. The van der Waals surface area contributed by atoms with E-state index < -0.39 is 0 Å². The molecule has 1 unspecified atom stereocenters. The SMILES string of the molecule is O=C1CCCCCCN1CC(=O)N1CCCC(c2nc3ccccc3[nH]2)C1. The molecule has 144 valence electrons. The molecule has 4 rings (SSSR count). The van der Waals surface area contributed by atoms with Gasteiger partial charge in [-0.1, -0.05) is 25.0 Å². The summed E-state index contributed by atoms with van der Waals surface area (Å²) in [6.07, 6.45) is 6.80. The summed E-state index contributed by atoms with van der Waals surface area (Å²) in [5, 5.41) is 0. The van der Waals surface area contributed by atoms with Gasteiger partial charge in [-0.25, -0.2) is 4.98 Å². The molecule has 0 radical (unpaired) electrons. The van der Waals surface area contributed by atoms with Gasteiger partial charge < -0.3 is 14.8 Å². The standard InChI is InChI=1S/C21H28N4O2/c26-19-11-3-1-2-6-12-25(19)15-20(27)24-13-7-8-16(14-24)21-22-17-9-4-5-10-18(17)23-21/h4-5,9-10,16H,1-3,6-8,11-15H2,(H,22,23). The number of imidazole rings is 1. The number of carbonyl (C=O) groups excluding carboxylic acids is 2. The summed E-state index contributed by atoms with van der Waals surface area (Å²) in [4.78, 5) is 37.0. The van der Waals surface area contributed by atoms with Gasteiger partial charge in [-0.3, -0.25) is 9.59 Å². The van der Waals surface area contributed by atoms with Gasteiger partial charge in [0, 0.05) is 32.0 Å². The largest absolute Gasteiger partial charge is 0.342 e. The highest BCUT2D eigenvalue weighted by Gasteiger charge is 2.28. The normalized spacial score (nSPS) is 21.9. The second kappa shape index (κ2) is 8.11. The van der Waals surface area contributed by atoms with Crippen molar-refractivity contribution in [1.29, 1.82) is 0 Å². The van der Waals surface area contributed by atoms with Crippen LogP contribution in [0, 0.1) is 0 Å².